The molecular weight excluding hydrogens is 388 g/mol. The minimum Gasteiger partial charge on any atom is -0.358 e. The number of benzene rings is 2. The van der Waals surface area contributed by atoms with Gasteiger partial charge in [-0.2, -0.15) is 0 Å². The summed E-state index contributed by atoms with van der Waals surface area (Å²) < 4.78 is 26.7. The van der Waals surface area contributed by atoms with Crippen molar-refractivity contribution in [2.24, 2.45) is 4.99 Å². The van der Waals surface area contributed by atoms with Gasteiger partial charge in [0, 0.05) is 53.7 Å². The van der Waals surface area contributed by atoms with Crippen LogP contribution < -0.4 is 4.72 Å². The fraction of sp³-hybridized carbons (Fsp3) is 0.238. The van der Waals surface area contributed by atoms with Crippen LogP contribution in [0.25, 0.3) is 10.9 Å². The van der Waals surface area contributed by atoms with Crippen LogP contribution in [0.3, 0.4) is 0 Å². The van der Waals surface area contributed by atoms with Crippen molar-refractivity contribution in [3.8, 4) is 0 Å². The highest BCUT2D eigenvalue weighted by Gasteiger charge is 2.30. The van der Waals surface area contributed by atoms with E-state index in [9.17, 15) is 13.2 Å². The zero-order chi connectivity index (χ0) is 20.0. The third kappa shape index (κ3) is 3.09. The van der Waals surface area contributed by atoms with Crippen molar-refractivity contribution >= 4 is 32.7 Å². The maximum Gasteiger partial charge on any atom is 0.263 e. The van der Waals surface area contributed by atoms with Gasteiger partial charge in [0.2, 0.25) is 5.91 Å². The number of hydrogen-bond acceptors (Lipinski definition) is 4. The zero-order valence-electron chi connectivity index (χ0n) is 15.7. The molecule has 8 heteroatoms. The molecule has 0 saturated heterocycles. The summed E-state index contributed by atoms with van der Waals surface area (Å²) in [6.07, 6.45) is 1.04. The minimum atomic E-state index is -3.55. The fourth-order valence-corrected chi connectivity index (χ4v) is 5.30. The number of fused-ring (bicyclic) bond motifs is 4. The molecule has 0 fully saturated rings. The monoisotopic (exact) mass is 408 g/mol. The molecule has 1 aromatic heterocycles. The van der Waals surface area contributed by atoms with Crippen LogP contribution in [0, 0.1) is 0 Å². The average Bonchev–Trinajstić information content (AvgIpc) is 3.22. The minimum absolute atomic E-state index is 0.0272. The molecule has 2 aromatic carbocycles. The summed E-state index contributed by atoms with van der Waals surface area (Å²) in [5.41, 5.74) is 4.04. The highest BCUT2D eigenvalue weighted by atomic mass is 32.2. The molecule has 2 aliphatic rings. The first-order chi connectivity index (χ1) is 14.0. The highest BCUT2D eigenvalue weighted by Crippen LogP contribution is 2.28. The summed E-state index contributed by atoms with van der Waals surface area (Å²) in [5, 5.41) is 1.16. The largest absolute Gasteiger partial charge is 0.358 e. The van der Waals surface area contributed by atoms with Crippen molar-refractivity contribution in [3.63, 3.8) is 0 Å². The molecular formula is C21H20N4O3S. The zero-order valence-corrected chi connectivity index (χ0v) is 16.5. The summed E-state index contributed by atoms with van der Waals surface area (Å²) in [4.78, 5) is 22.6. The summed E-state index contributed by atoms with van der Waals surface area (Å²) in [6.45, 7) is 1.50. The van der Waals surface area contributed by atoms with Crippen molar-refractivity contribution in [2.75, 3.05) is 13.1 Å². The third-order valence-electron chi connectivity index (χ3n) is 5.49. The van der Waals surface area contributed by atoms with Crippen molar-refractivity contribution < 1.29 is 13.2 Å². The first-order valence-corrected chi connectivity index (χ1v) is 11.0. The smallest absolute Gasteiger partial charge is 0.263 e. The maximum atomic E-state index is 12.7. The number of amides is 1. The fourth-order valence-electron chi connectivity index (χ4n) is 4.05. The van der Waals surface area contributed by atoms with Crippen LogP contribution in [0.4, 0.5) is 0 Å². The normalized spacial score (nSPS) is 18.5. The Morgan fingerprint density at radius 3 is 2.79 bits per heavy atom. The lowest BCUT2D eigenvalue weighted by molar-refractivity contribution is -0.131. The van der Waals surface area contributed by atoms with E-state index < -0.39 is 10.0 Å². The van der Waals surface area contributed by atoms with E-state index in [-0.39, 0.29) is 23.8 Å². The highest BCUT2D eigenvalue weighted by molar-refractivity contribution is 7.90. The van der Waals surface area contributed by atoms with Gasteiger partial charge in [-0.05, 0) is 18.2 Å². The van der Waals surface area contributed by atoms with Crippen LogP contribution in [-0.2, 0) is 27.8 Å². The predicted octanol–water partition coefficient (Wildman–Crippen LogP) is 2.18. The third-order valence-corrected chi connectivity index (χ3v) is 6.89. The van der Waals surface area contributed by atoms with Crippen LogP contribution in [-0.4, -0.2) is 43.1 Å². The standard InChI is InChI=1S/C21H20N4O3S/c26-20(9-11-22-21-15-6-2-4-8-19(15)29(27,28)24-21)25-12-10-18-16(13-25)14-5-1-3-7-17(14)23-18/h1-8,23H,9-13H2,(H,22,24). The summed E-state index contributed by atoms with van der Waals surface area (Å²) in [5.74, 6) is 0.338. The Hall–Kier alpha value is -3.13. The van der Waals surface area contributed by atoms with E-state index in [1.807, 2.05) is 17.0 Å². The van der Waals surface area contributed by atoms with Crippen LogP contribution in [0.15, 0.2) is 58.4 Å². The molecule has 3 aromatic rings. The number of aromatic amines is 1. The molecule has 148 valence electrons. The Balaban J connectivity index is 1.28. The summed E-state index contributed by atoms with van der Waals surface area (Å²) >= 11 is 0. The summed E-state index contributed by atoms with van der Waals surface area (Å²) in [6, 6.07) is 14.9. The Morgan fingerprint density at radius 2 is 1.90 bits per heavy atom. The summed E-state index contributed by atoms with van der Waals surface area (Å²) in [7, 11) is -3.55. The lowest BCUT2D eigenvalue weighted by atomic mass is 10.0. The van der Waals surface area contributed by atoms with Gasteiger partial charge in [-0.3, -0.25) is 14.5 Å². The molecule has 5 rings (SSSR count). The number of carbonyl (C=O) groups is 1. The van der Waals surface area contributed by atoms with Crippen LogP contribution in [0.1, 0.15) is 23.2 Å². The van der Waals surface area contributed by atoms with Gasteiger partial charge in [-0.25, -0.2) is 8.42 Å². The number of hydrogen-bond donors (Lipinski definition) is 2. The number of rotatable bonds is 3. The van der Waals surface area contributed by atoms with Crippen LogP contribution in [0.5, 0.6) is 0 Å². The number of sulfonamides is 1. The first-order valence-electron chi connectivity index (χ1n) is 9.56. The SMILES string of the molecule is O=C(CCN=C1NS(=O)(=O)c2ccccc21)N1CCc2[nH]c3ccccc3c2C1. The molecule has 0 unspecified atom stereocenters. The number of carbonyl (C=O) groups excluding carboxylic acids is 1. The second kappa shape index (κ2) is 6.73. The second-order valence-corrected chi connectivity index (χ2v) is 8.93. The van der Waals surface area contributed by atoms with Gasteiger partial charge in [-0.1, -0.05) is 30.3 Å². The van der Waals surface area contributed by atoms with Gasteiger partial charge in [0.15, 0.2) is 0 Å². The van der Waals surface area contributed by atoms with E-state index in [0.717, 1.165) is 17.3 Å². The Morgan fingerprint density at radius 1 is 1.10 bits per heavy atom. The number of aromatic nitrogens is 1. The van der Waals surface area contributed by atoms with Gasteiger partial charge in [0.1, 0.15) is 5.84 Å². The number of para-hydroxylation sites is 1. The molecule has 0 spiro atoms. The molecule has 0 saturated carbocycles. The maximum absolute atomic E-state index is 12.7. The van der Waals surface area contributed by atoms with E-state index >= 15 is 0 Å². The van der Waals surface area contributed by atoms with Crippen LogP contribution >= 0.6 is 0 Å². The van der Waals surface area contributed by atoms with E-state index in [1.54, 1.807) is 24.3 Å². The number of aliphatic imine (C=N–C) groups is 1. The number of amidine groups is 1. The van der Waals surface area contributed by atoms with E-state index in [2.05, 4.69) is 26.8 Å². The van der Waals surface area contributed by atoms with Crippen molar-refractivity contribution in [2.45, 2.75) is 24.3 Å². The average molecular weight is 408 g/mol. The Labute approximate surface area is 168 Å². The molecule has 29 heavy (non-hydrogen) atoms. The second-order valence-electron chi connectivity index (χ2n) is 7.27. The quantitative estimate of drug-likeness (QED) is 0.695. The van der Waals surface area contributed by atoms with Crippen molar-refractivity contribution in [1.82, 2.24) is 14.6 Å². The van der Waals surface area contributed by atoms with E-state index in [4.69, 9.17) is 0 Å². The Kier molecular flexibility index (Phi) is 4.16. The van der Waals surface area contributed by atoms with Crippen molar-refractivity contribution in [3.05, 3.63) is 65.4 Å². The molecule has 2 aliphatic heterocycles. The lowest BCUT2D eigenvalue weighted by Gasteiger charge is -2.27. The molecule has 3 heterocycles. The molecule has 2 N–H and O–H groups in total. The lowest BCUT2D eigenvalue weighted by Crippen LogP contribution is -2.36. The number of nitrogens with zero attached hydrogens (tertiary/aromatic N) is 2. The predicted molar refractivity (Wildman–Crippen MR) is 110 cm³/mol. The molecule has 0 atom stereocenters. The van der Waals surface area contributed by atoms with Gasteiger partial charge in [0.05, 0.1) is 11.4 Å². The van der Waals surface area contributed by atoms with E-state index in [1.165, 1.54) is 11.3 Å². The molecule has 0 aliphatic carbocycles. The van der Waals surface area contributed by atoms with Crippen LogP contribution in [0.2, 0.25) is 0 Å². The topological polar surface area (TPSA) is 94.6 Å². The molecule has 7 nitrogen and oxygen atoms in total. The molecule has 0 radical (unpaired) electrons. The number of H-pyrrole nitrogens is 1. The molecule has 0 bridgehead atoms. The molecule has 1 amide bonds. The van der Waals surface area contributed by atoms with Gasteiger partial charge >= 0.3 is 0 Å². The van der Waals surface area contributed by atoms with E-state index in [0.29, 0.717) is 24.5 Å². The van der Waals surface area contributed by atoms with Crippen molar-refractivity contribution in [1.29, 1.82) is 0 Å². The first kappa shape index (κ1) is 17.9. The number of nitrogens with one attached hydrogen (secondary N) is 2. The van der Waals surface area contributed by atoms with Gasteiger partial charge in [0.25, 0.3) is 10.0 Å². The Bertz CT molecular complexity index is 1260. The van der Waals surface area contributed by atoms with Gasteiger partial charge < -0.3 is 9.88 Å². The van der Waals surface area contributed by atoms with Gasteiger partial charge in [-0.15, -0.1) is 0 Å².